The van der Waals surface area contributed by atoms with Crippen LogP contribution in [0.2, 0.25) is 0 Å². The largest absolute Gasteiger partial charge is 0.383 e. The zero-order valence-electron chi connectivity index (χ0n) is 19.2. The van der Waals surface area contributed by atoms with E-state index in [1.807, 2.05) is 87.5 Å². The summed E-state index contributed by atoms with van der Waals surface area (Å²) in [6.45, 7) is 6.04. The van der Waals surface area contributed by atoms with Gasteiger partial charge in [0.05, 0.1) is 17.2 Å². The second-order valence-electron chi connectivity index (χ2n) is 8.31. The average Bonchev–Trinajstić information content (AvgIpc) is 3.09. The van der Waals surface area contributed by atoms with E-state index >= 15 is 0 Å². The van der Waals surface area contributed by atoms with E-state index in [1.165, 1.54) is 4.68 Å². The fourth-order valence-corrected chi connectivity index (χ4v) is 3.85. The van der Waals surface area contributed by atoms with Gasteiger partial charge in [0.15, 0.2) is 5.65 Å². The van der Waals surface area contributed by atoms with Gasteiger partial charge in [0.25, 0.3) is 5.91 Å². The third-order valence-corrected chi connectivity index (χ3v) is 5.97. The third kappa shape index (κ3) is 3.77. The van der Waals surface area contributed by atoms with E-state index in [0.29, 0.717) is 27.9 Å². The van der Waals surface area contributed by atoms with Gasteiger partial charge in [-0.2, -0.15) is 9.78 Å². The first kappa shape index (κ1) is 21.3. The van der Waals surface area contributed by atoms with E-state index in [1.54, 1.807) is 6.21 Å². The number of aromatic nitrogens is 3. The maximum atomic E-state index is 13.4. The van der Waals surface area contributed by atoms with E-state index in [9.17, 15) is 4.79 Å². The van der Waals surface area contributed by atoms with Gasteiger partial charge in [-0.15, -0.1) is 0 Å². The lowest BCUT2D eigenvalue weighted by Gasteiger charge is -2.08. The minimum absolute atomic E-state index is 0.177. The number of anilines is 2. The number of carbonyl (C=O) groups is 1. The maximum Gasteiger partial charge on any atom is 0.261 e. The van der Waals surface area contributed by atoms with Gasteiger partial charge < -0.3 is 11.1 Å². The molecule has 0 saturated carbocycles. The zero-order chi connectivity index (χ0) is 23.8. The van der Waals surface area contributed by atoms with Crippen molar-refractivity contribution in [3.05, 3.63) is 94.5 Å². The van der Waals surface area contributed by atoms with Gasteiger partial charge in [-0.3, -0.25) is 4.79 Å². The molecule has 1 amide bonds. The van der Waals surface area contributed by atoms with Gasteiger partial charge >= 0.3 is 0 Å². The Hall–Kier alpha value is -4.52. The second kappa shape index (κ2) is 8.44. The van der Waals surface area contributed by atoms with Crippen LogP contribution in [0.1, 0.15) is 32.6 Å². The van der Waals surface area contributed by atoms with Crippen LogP contribution in [0.15, 0.2) is 71.8 Å². The number of hydrogen-bond acceptors (Lipinski definition) is 5. The number of hydrogen-bond donors (Lipinski definition) is 2. The molecule has 34 heavy (non-hydrogen) atoms. The minimum atomic E-state index is -0.361. The molecule has 2 heterocycles. The molecular formula is C27H24N6O. The number of nitrogens with two attached hydrogens (primary N) is 1. The van der Waals surface area contributed by atoms with E-state index in [4.69, 9.17) is 15.7 Å². The molecule has 3 N–H and O–H groups in total. The highest BCUT2D eigenvalue weighted by Gasteiger charge is 2.24. The van der Waals surface area contributed by atoms with Gasteiger partial charge in [0.2, 0.25) is 0 Å². The lowest BCUT2D eigenvalue weighted by molar-refractivity contribution is 0.102. The molecule has 7 nitrogen and oxygen atoms in total. The first-order valence-corrected chi connectivity index (χ1v) is 11.0. The molecular weight excluding hydrogens is 424 g/mol. The topological polar surface area (TPSA) is 98.2 Å². The van der Waals surface area contributed by atoms with E-state index < -0.39 is 0 Å². The number of nitrogens with zero attached hydrogens (tertiary/aromatic N) is 4. The summed E-state index contributed by atoms with van der Waals surface area (Å²) >= 11 is 0. The molecule has 0 fully saturated rings. The number of amides is 1. The zero-order valence-corrected chi connectivity index (χ0v) is 19.2. The summed E-state index contributed by atoms with van der Waals surface area (Å²) in [6, 6.07) is 21.2. The van der Waals surface area contributed by atoms with Crippen LogP contribution in [0.5, 0.6) is 0 Å². The SMILES string of the molecule is Cc1ccc(NC(=O)c2c(N)n(/N=C/c3ccccc3C)c3nc4ccccc4nc23)cc1C. The molecule has 3 aromatic carbocycles. The molecule has 0 bridgehead atoms. The van der Waals surface area contributed by atoms with Crippen LogP contribution in [0.4, 0.5) is 11.5 Å². The van der Waals surface area contributed by atoms with Crippen LogP contribution in [-0.4, -0.2) is 26.8 Å². The summed E-state index contributed by atoms with van der Waals surface area (Å²) in [4.78, 5) is 22.9. The first-order valence-electron chi connectivity index (χ1n) is 11.0. The van der Waals surface area contributed by atoms with Crippen molar-refractivity contribution in [1.82, 2.24) is 14.6 Å². The summed E-state index contributed by atoms with van der Waals surface area (Å²) in [7, 11) is 0. The summed E-state index contributed by atoms with van der Waals surface area (Å²) in [6.07, 6.45) is 1.72. The van der Waals surface area contributed by atoms with E-state index in [0.717, 1.165) is 22.3 Å². The molecule has 7 heteroatoms. The fraction of sp³-hybridized carbons (Fsp3) is 0.111. The van der Waals surface area contributed by atoms with E-state index in [2.05, 4.69) is 10.4 Å². The molecule has 0 saturated heterocycles. The van der Waals surface area contributed by atoms with Crippen molar-refractivity contribution < 1.29 is 4.79 Å². The standard InChI is InChI=1S/C27H24N6O/c1-16-12-13-20(14-18(16)3)30-27(34)23-24-26(32-22-11-7-6-10-21(22)31-24)33(25(23)28)29-15-19-9-5-4-8-17(19)2/h4-15H,28H2,1-3H3,(H,30,34)/b29-15+. The first-order chi connectivity index (χ1) is 16.4. The maximum absolute atomic E-state index is 13.4. The second-order valence-corrected chi connectivity index (χ2v) is 8.31. The van der Waals surface area contributed by atoms with Crippen LogP contribution in [-0.2, 0) is 0 Å². The fourth-order valence-electron chi connectivity index (χ4n) is 3.85. The van der Waals surface area contributed by atoms with Gasteiger partial charge in [-0.1, -0.05) is 42.5 Å². The molecule has 0 aliphatic carbocycles. The van der Waals surface area contributed by atoms with Crippen molar-refractivity contribution in [1.29, 1.82) is 0 Å². The summed E-state index contributed by atoms with van der Waals surface area (Å²) < 4.78 is 1.48. The smallest absolute Gasteiger partial charge is 0.261 e. The van der Waals surface area contributed by atoms with Crippen molar-refractivity contribution in [3.8, 4) is 0 Å². The predicted molar refractivity (Wildman–Crippen MR) is 137 cm³/mol. The molecule has 5 aromatic rings. The highest BCUT2D eigenvalue weighted by atomic mass is 16.1. The van der Waals surface area contributed by atoms with Crippen LogP contribution >= 0.6 is 0 Å². The molecule has 0 unspecified atom stereocenters. The van der Waals surface area contributed by atoms with Crippen molar-refractivity contribution >= 4 is 45.8 Å². The monoisotopic (exact) mass is 448 g/mol. The van der Waals surface area contributed by atoms with Gasteiger partial charge in [0.1, 0.15) is 16.9 Å². The summed E-state index contributed by atoms with van der Waals surface area (Å²) in [5.41, 5.74) is 13.9. The van der Waals surface area contributed by atoms with Crippen LogP contribution < -0.4 is 11.1 Å². The van der Waals surface area contributed by atoms with Gasteiger partial charge in [-0.25, -0.2) is 9.97 Å². The Morgan fingerprint density at radius 2 is 1.62 bits per heavy atom. The third-order valence-electron chi connectivity index (χ3n) is 5.97. The van der Waals surface area contributed by atoms with E-state index in [-0.39, 0.29) is 17.3 Å². The molecule has 2 aromatic heterocycles. The summed E-state index contributed by atoms with van der Waals surface area (Å²) in [5.74, 6) is -0.184. The Morgan fingerprint density at radius 1 is 0.912 bits per heavy atom. The Morgan fingerprint density at radius 3 is 2.35 bits per heavy atom. The Kier molecular flexibility index (Phi) is 5.30. The van der Waals surface area contributed by atoms with Crippen LogP contribution in [0.25, 0.3) is 22.2 Å². The Labute approximate surface area is 197 Å². The molecule has 0 radical (unpaired) electrons. The number of nitrogens with one attached hydrogen (secondary N) is 1. The molecule has 0 aliphatic heterocycles. The summed E-state index contributed by atoms with van der Waals surface area (Å²) in [5, 5.41) is 7.54. The van der Waals surface area contributed by atoms with Gasteiger partial charge in [0, 0.05) is 5.69 Å². The quantitative estimate of drug-likeness (QED) is 0.368. The number of rotatable bonds is 4. The molecule has 5 rings (SSSR count). The number of fused-ring (bicyclic) bond motifs is 2. The molecule has 0 atom stereocenters. The highest BCUT2D eigenvalue weighted by molar-refractivity contribution is 6.16. The average molecular weight is 449 g/mol. The molecule has 168 valence electrons. The molecule has 0 spiro atoms. The lowest BCUT2D eigenvalue weighted by Crippen LogP contribution is -2.14. The number of para-hydroxylation sites is 2. The normalized spacial score (nSPS) is 11.5. The highest BCUT2D eigenvalue weighted by Crippen LogP contribution is 2.29. The minimum Gasteiger partial charge on any atom is -0.383 e. The van der Waals surface area contributed by atoms with Gasteiger partial charge in [-0.05, 0) is 67.3 Å². The van der Waals surface area contributed by atoms with Crippen molar-refractivity contribution in [2.45, 2.75) is 20.8 Å². The number of benzene rings is 3. The Balaban J connectivity index is 1.66. The number of nitrogen functional groups attached to an aromatic ring is 1. The van der Waals surface area contributed by atoms with Crippen molar-refractivity contribution in [3.63, 3.8) is 0 Å². The van der Waals surface area contributed by atoms with Crippen molar-refractivity contribution in [2.75, 3.05) is 11.1 Å². The van der Waals surface area contributed by atoms with Crippen LogP contribution in [0.3, 0.4) is 0 Å². The van der Waals surface area contributed by atoms with Crippen molar-refractivity contribution in [2.24, 2.45) is 5.10 Å². The number of aryl methyl sites for hydroxylation is 3. The predicted octanol–water partition coefficient (Wildman–Crippen LogP) is 5.23. The van der Waals surface area contributed by atoms with Crippen LogP contribution in [0, 0.1) is 20.8 Å². The number of carbonyl (C=O) groups excluding carboxylic acids is 1. The Bertz CT molecular complexity index is 1600. The lowest BCUT2D eigenvalue weighted by atomic mass is 10.1. The molecule has 0 aliphatic rings.